The number of hydrogen-bond acceptors (Lipinski definition) is 3. The van der Waals surface area contributed by atoms with Gasteiger partial charge in [-0.2, -0.15) is 0 Å². The summed E-state index contributed by atoms with van der Waals surface area (Å²) >= 11 is 0. The van der Waals surface area contributed by atoms with Gasteiger partial charge in [0.2, 0.25) is 0 Å². The van der Waals surface area contributed by atoms with Gasteiger partial charge in [-0.25, -0.2) is 0 Å². The van der Waals surface area contributed by atoms with Crippen LogP contribution in [0.25, 0.3) is 0 Å². The first kappa shape index (κ1) is 16.3. The summed E-state index contributed by atoms with van der Waals surface area (Å²) < 4.78 is 0. The molecule has 2 N–H and O–H groups in total. The van der Waals surface area contributed by atoms with Gasteiger partial charge in [-0.3, -0.25) is 0 Å². The number of hydrogen-bond donors (Lipinski definition) is 2. The maximum absolute atomic E-state index is 9.93. The van der Waals surface area contributed by atoms with Gasteiger partial charge in [0.25, 0.3) is 0 Å². The molecular formula is C17H34N2O. The minimum Gasteiger partial charge on any atom is -0.394 e. The number of aliphatic hydroxyl groups excluding tert-OH is 1. The number of nitrogens with zero attached hydrogens (tertiary/aromatic N) is 1. The van der Waals surface area contributed by atoms with Crippen molar-refractivity contribution < 1.29 is 5.11 Å². The highest BCUT2D eigenvalue weighted by Crippen LogP contribution is 2.38. The highest BCUT2D eigenvalue weighted by molar-refractivity contribution is 4.99. The van der Waals surface area contributed by atoms with E-state index in [4.69, 9.17) is 0 Å². The monoisotopic (exact) mass is 282 g/mol. The molecule has 0 amide bonds. The molecule has 2 aliphatic carbocycles. The molecule has 3 heteroatoms. The molecule has 0 aromatic heterocycles. The average Bonchev–Trinajstić information content (AvgIpc) is 3.23. The lowest BCUT2D eigenvalue weighted by Crippen LogP contribution is -2.52. The van der Waals surface area contributed by atoms with Gasteiger partial charge in [0, 0.05) is 11.6 Å². The topological polar surface area (TPSA) is 35.5 Å². The molecule has 0 heterocycles. The molecular weight excluding hydrogens is 248 g/mol. The highest BCUT2D eigenvalue weighted by atomic mass is 16.3. The third-order valence-corrected chi connectivity index (χ3v) is 5.31. The molecule has 0 aromatic rings. The molecule has 2 rings (SSSR count). The van der Waals surface area contributed by atoms with Gasteiger partial charge in [-0.05, 0) is 70.5 Å². The summed E-state index contributed by atoms with van der Waals surface area (Å²) in [5.74, 6) is 0.664. The largest absolute Gasteiger partial charge is 0.394 e. The van der Waals surface area contributed by atoms with E-state index in [0.717, 1.165) is 25.4 Å². The van der Waals surface area contributed by atoms with Gasteiger partial charge in [0.15, 0.2) is 0 Å². The third-order valence-electron chi connectivity index (χ3n) is 5.31. The Bertz CT molecular complexity index is 280. The summed E-state index contributed by atoms with van der Waals surface area (Å²) in [5, 5.41) is 13.6. The van der Waals surface area contributed by atoms with E-state index in [1.807, 2.05) is 0 Å². The third kappa shape index (κ3) is 3.96. The summed E-state index contributed by atoms with van der Waals surface area (Å²) in [4.78, 5) is 2.69. The lowest BCUT2D eigenvalue weighted by atomic mass is 9.85. The summed E-state index contributed by atoms with van der Waals surface area (Å²) in [7, 11) is 0. The van der Waals surface area contributed by atoms with Crippen LogP contribution in [0.3, 0.4) is 0 Å². The van der Waals surface area contributed by atoms with Crippen molar-refractivity contribution in [2.24, 2.45) is 5.92 Å². The van der Waals surface area contributed by atoms with Crippen LogP contribution in [0.5, 0.6) is 0 Å². The van der Waals surface area contributed by atoms with E-state index >= 15 is 0 Å². The van der Waals surface area contributed by atoms with Gasteiger partial charge in [-0.15, -0.1) is 0 Å². The van der Waals surface area contributed by atoms with Gasteiger partial charge in [-0.1, -0.05) is 20.3 Å². The van der Waals surface area contributed by atoms with E-state index in [1.165, 1.54) is 51.6 Å². The Morgan fingerprint density at radius 3 is 2.55 bits per heavy atom. The summed E-state index contributed by atoms with van der Waals surface area (Å²) in [5.41, 5.74) is 0.0252. The molecule has 0 radical (unpaired) electrons. The number of rotatable bonds is 10. The smallest absolute Gasteiger partial charge is 0.0616 e. The minimum atomic E-state index is 0.0252. The van der Waals surface area contributed by atoms with Crippen LogP contribution >= 0.6 is 0 Å². The Kier molecular flexibility index (Phi) is 6.31. The molecule has 2 fully saturated rings. The van der Waals surface area contributed by atoms with E-state index in [1.54, 1.807) is 0 Å². The minimum absolute atomic E-state index is 0.0252. The van der Waals surface area contributed by atoms with E-state index in [-0.39, 0.29) is 5.54 Å². The first-order valence-corrected chi connectivity index (χ1v) is 8.85. The van der Waals surface area contributed by atoms with Crippen LogP contribution in [0.1, 0.15) is 65.2 Å². The van der Waals surface area contributed by atoms with Gasteiger partial charge in [0.1, 0.15) is 0 Å². The van der Waals surface area contributed by atoms with E-state index < -0.39 is 0 Å². The second kappa shape index (κ2) is 7.77. The number of aliphatic hydroxyl groups is 1. The molecule has 0 aromatic carbocycles. The molecule has 0 bridgehead atoms. The fraction of sp³-hybridized carbons (Fsp3) is 1.00. The Balaban J connectivity index is 1.85. The van der Waals surface area contributed by atoms with Crippen molar-refractivity contribution in [3.63, 3.8) is 0 Å². The maximum Gasteiger partial charge on any atom is 0.0616 e. The van der Waals surface area contributed by atoms with Crippen LogP contribution in [0.4, 0.5) is 0 Å². The predicted molar refractivity (Wildman–Crippen MR) is 85.0 cm³/mol. The quantitative estimate of drug-likeness (QED) is 0.647. The molecule has 118 valence electrons. The van der Waals surface area contributed by atoms with E-state index in [9.17, 15) is 5.11 Å². The molecule has 3 nitrogen and oxygen atoms in total. The SMILES string of the molecule is CCCNC1(CO)CCCC1CCN(CCC)C1CC1. The molecule has 2 aliphatic rings. The molecule has 20 heavy (non-hydrogen) atoms. The first-order chi connectivity index (χ1) is 9.75. The maximum atomic E-state index is 9.93. The van der Waals surface area contributed by atoms with Gasteiger partial charge in [0.05, 0.1) is 6.61 Å². The zero-order chi connectivity index (χ0) is 14.4. The molecule has 2 saturated carbocycles. The van der Waals surface area contributed by atoms with Crippen LogP contribution in [-0.4, -0.2) is 47.8 Å². The average molecular weight is 282 g/mol. The van der Waals surface area contributed by atoms with Crippen molar-refractivity contribution >= 4 is 0 Å². The zero-order valence-corrected chi connectivity index (χ0v) is 13.5. The van der Waals surface area contributed by atoms with E-state index in [2.05, 4.69) is 24.1 Å². The Labute approximate surface area is 125 Å². The molecule has 2 atom stereocenters. The number of nitrogens with one attached hydrogen (secondary N) is 1. The van der Waals surface area contributed by atoms with Crippen LogP contribution < -0.4 is 5.32 Å². The normalized spacial score (nSPS) is 30.3. The van der Waals surface area contributed by atoms with Crippen molar-refractivity contribution in [2.45, 2.75) is 76.8 Å². The second-order valence-corrected chi connectivity index (χ2v) is 6.89. The van der Waals surface area contributed by atoms with Crippen molar-refractivity contribution in [1.82, 2.24) is 10.2 Å². The summed E-state index contributed by atoms with van der Waals surface area (Å²) in [6, 6.07) is 0.878. The lowest BCUT2D eigenvalue weighted by Gasteiger charge is -2.36. The van der Waals surface area contributed by atoms with Crippen LogP contribution in [0.15, 0.2) is 0 Å². The summed E-state index contributed by atoms with van der Waals surface area (Å²) in [6.45, 7) is 8.34. The van der Waals surface area contributed by atoms with Crippen molar-refractivity contribution in [1.29, 1.82) is 0 Å². The Morgan fingerprint density at radius 1 is 1.15 bits per heavy atom. The fourth-order valence-corrected chi connectivity index (χ4v) is 3.96. The Morgan fingerprint density at radius 2 is 1.95 bits per heavy atom. The van der Waals surface area contributed by atoms with Crippen molar-refractivity contribution in [3.8, 4) is 0 Å². The predicted octanol–water partition coefficient (Wildman–Crippen LogP) is 2.78. The van der Waals surface area contributed by atoms with Crippen molar-refractivity contribution in [3.05, 3.63) is 0 Å². The van der Waals surface area contributed by atoms with Crippen LogP contribution in [-0.2, 0) is 0 Å². The molecule has 0 aliphatic heterocycles. The molecule has 0 spiro atoms. The summed E-state index contributed by atoms with van der Waals surface area (Å²) in [6.07, 6.45) is 10.2. The van der Waals surface area contributed by atoms with Gasteiger partial charge < -0.3 is 15.3 Å². The van der Waals surface area contributed by atoms with Crippen molar-refractivity contribution in [2.75, 3.05) is 26.2 Å². The van der Waals surface area contributed by atoms with E-state index in [0.29, 0.717) is 12.5 Å². The first-order valence-electron chi connectivity index (χ1n) is 8.85. The van der Waals surface area contributed by atoms with Crippen LogP contribution in [0, 0.1) is 5.92 Å². The highest BCUT2D eigenvalue weighted by Gasteiger charge is 2.42. The standard InChI is InChI=1S/C17H34N2O/c1-3-11-18-17(14-20)10-5-6-15(17)9-13-19(12-4-2)16-7-8-16/h15-16,18,20H,3-14H2,1-2H3. The van der Waals surface area contributed by atoms with Crippen LogP contribution in [0.2, 0.25) is 0 Å². The van der Waals surface area contributed by atoms with Gasteiger partial charge >= 0.3 is 0 Å². The Hall–Kier alpha value is -0.120. The zero-order valence-electron chi connectivity index (χ0n) is 13.5. The lowest BCUT2D eigenvalue weighted by molar-refractivity contribution is 0.110. The fourth-order valence-electron chi connectivity index (χ4n) is 3.96. The molecule has 0 saturated heterocycles. The molecule has 2 unspecified atom stereocenters. The second-order valence-electron chi connectivity index (χ2n) is 6.89.